The molecule has 5 aromatic rings. The van der Waals surface area contributed by atoms with Crippen molar-refractivity contribution in [3.05, 3.63) is 103 Å². The summed E-state index contributed by atoms with van der Waals surface area (Å²) in [7, 11) is 0. The lowest BCUT2D eigenvalue weighted by Gasteiger charge is -2.13. The van der Waals surface area contributed by atoms with E-state index in [0.29, 0.717) is 0 Å². The van der Waals surface area contributed by atoms with Crippen molar-refractivity contribution in [1.82, 2.24) is 14.5 Å². The fourth-order valence-corrected chi connectivity index (χ4v) is 4.55. The first-order valence-electron chi connectivity index (χ1n) is 9.93. The van der Waals surface area contributed by atoms with Crippen molar-refractivity contribution in [2.45, 2.75) is 11.6 Å². The zero-order chi connectivity index (χ0) is 20.3. The van der Waals surface area contributed by atoms with Gasteiger partial charge in [0.1, 0.15) is 17.0 Å². The van der Waals surface area contributed by atoms with Gasteiger partial charge in [0.15, 0.2) is 0 Å². The smallest absolute Gasteiger partial charge is 0.145 e. The molecule has 0 saturated heterocycles. The number of hydrogen-bond donors (Lipinski definition) is 0. The molecule has 2 aromatic heterocycles. The van der Waals surface area contributed by atoms with Crippen LogP contribution in [0.2, 0.25) is 0 Å². The van der Waals surface area contributed by atoms with Crippen LogP contribution in [0, 0.1) is 0 Å². The summed E-state index contributed by atoms with van der Waals surface area (Å²) in [4.78, 5) is 9.36. The first-order valence-corrected chi connectivity index (χ1v) is 11.1. The van der Waals surface area contributed by atoms with Crippen molar-refractivity contribution in [3.8, 4) is 22.4 Å². The largest absolute Gasteiger partial charge is 0.320 e. The van der Waals surface area contributed by atoms with Crippen LogP contribution in [0.4, 0.5) is 0 Å². The molecule has 0 atom stereocenters. The summed E-state index contributed by atoms with van der Waals surface area (Å²) in [6.45, 7) is 0.749. The number of benzene rings is 3. The Morgan fingerprint density at radius 2 is 1.33 bits per heavy atom. The van der Waals surface area contributed by atoms with Gasteiger partial charge in [-0.1, -0.05) is 91.0 Å². The number of thioether (sulfide) groups is 1. The summed E-state index contributed by atoms with van der Waals surface area (Å²) in [5.41, 5.74) is 6.94. The van der Waals surface area contributed by atoms with Gasteiger partial charge in [-0.15, -0.1) is 11.8 Å². The Labute approximate surface area is 180 Å². The average Bonchev–Trinajstić information content (AvgIpc) is 3.15. The molecule has 3 nitrogen and oxygen atoms in total. The van der Waals surface area contributed by atoms with Gasteiger partial charge in [0, 0.05) is 12.1 Å². The van der Waals surface area contributed by atoms with E-state index >= 15 is 0 Å². The van der Waals surface area contributed by atoms with Crippen LogP contribution in [0.3, 0.4) is 0 Å². The predicted octanol–water partition coefficient (Wildman–Crippen LogP) is 6.54. The Bertz CT molecular complexity index is 1280. The van der Waals surface area contributed by atoms with Gasteiger partial charge in [0.2, 0.25) is 0 Å². The number of rotatable bonds is 5. The Morgan fingerprint density at radius 1 is 0.733 bits per heavy atom. The predicted molar refractivity (Wildman–Crippen MR) is 126 cm³/mol. The summed E-state index contributed by atoms with van der Waals surface area (Å²) < 4.78 is 2.34. The third-order valence-corrected chi connectivity index (χ3v) is 5.99. The van der Waals surface area contributed by atoms with Crippen LogP contribution in [0.5, 0.6) is 0 Å². The van der Waals surface area contributed by atoms with Gasteiger partial charge in [-0.25, -0.2) is 9.97 Å². The highest BCUT2D eigenvalue weighted by Crippen LogP contribution is 2.43. The van der Waals surface area contributed by atoms with Crippen molar-refractivity contribution < 1.29 is 0 Å². The van der Waals surface area contributed by atoms with Crippen LogP contribution in [0.1, 0.15) is 5.56 Å². The second-order valence-corrected chi connectivity index (χ2v) is 7.90. The normalized spacial score (nSPS) is 11.1. The maximum Gasteiger partial charge on any atom is 0.145 e. The minimum Gasteiger partial charge on any atom is -0.320 e. The second-order valence-electron chi connectivity index (χ2n) is 7.11. The molecule has 0 bridgehead atoms. The van der Waals surface area contributed by atoms with E-state index < -0.39 is 0 Å². The molecular weight excluding hydrogens is 386 g/mol. The van der Waals surface area contributed by atoms with E-state index in [0.717, 1.165) is 22.6 Å². The number of nitrogens with zero attached hydrogens (tertiary/aromatic N) is 3. The Balaban J connectivity index is 1.90. The summed E-state index contributed by atoms with van der Waals surface area (Å²) in [5, 5.41) is 2.12. The van der Waals surface area contributed by atoms with E-state index in [2.05, 4.69) is 107 Å². The summed E-state index contributed by atoms with van der Waals surface area (Å²) in [6, 6.07) is 31.7. The van der Waals surface area contributed by atoms with E-state index in [1.165, 1.54) is 27.9 Å². The third-order valence-electron chi connectivity index (χ3n) is 5.29. The van der Waals surface area contributed by atoms with Crippen molar-refractivity contribution in [2.75, 3.05) is 6.26 Å². The van der Waals surface area contributed by atoms with Crippen molar-refractivity contribution >= 4 is 22.8 Å². The minimum absolute atomic E-state index is 0.749. The lowest BCUT2D eigenvalue weighted by Crippen LogP contribution is -2.03. The summed E-state index contributed by atoms with van der Waals surface area (Å²) in [5.74, 6) is 0. The zero-order valence-corrected chi connectivity index (χ0v) is 17.5. The first kappa shape index (κ1) is 18.6. The highest BCUT2D eigenvalue weighted by molar-refractivity contribution is 7.98. The summed E-state index contributed by atoms with van der Waals surface area (Å²) in [6.07, 6.45) is 3.76. The number of aromatic nitrogens is 3. The molecule has 0 aliphatic carbocycles. The molecular formula is C26H21N3S. The molecule has 2 heterocycles. The van der Waals surface area contributed by atoms with Crippen LogP contribution >= 0.6 is 11.8 Å². The second kappa shape index (κ2) is 8.17. The van der Waals surface area contributed by atoms with E-state index in [4.69, 9.17) is 4.98 Å². The Hall–Kier alpha value is -3.37. The fourth-order valence-electron chi connectivity index (χ4n) is 4.00. The van der Waals surface area contributed by atoms with Crippen LogP contribution in [0.15, 0.2) is 102 Å². The molecule has 0 aliphatic rings. The highest BCUT2D eigenvalue weighted by atomic mass is 32.2. The van der Waals surface area contributed by atoms with Crippen LogP contribution < -0.4 is 0 Å². The van der Waals surface area contributed by atoms with E-state index in [1.807, 2.05) is 0 Å². The molecule has 3 aromatic carbocycles. The third kappa shape index (κ3) is 3.29. The van der Waals surface area contributed by atoms with Gasteiger partial charge in [0.05, 0.1) is 11.1 Å². The highest BCUT2D eigenvalue weighted by Gasteiger charge is 2.23. The molecule has 0 aliphatic heterocycles. The van der Waals surface area contributed by atoms with Crippen molar-refractivity contribution in [1.29, 1.82) is 0 Å². The van der Waals surface area contributed by atoms with Gasteiger partial charge < -0.3 is 4.57 Å². The Morgan fingerprint density at radius 3 is 1.97 bits per heavy atom. The molecule has 0 radical (unpaired) electrons. The SMILES string of the molecule is CSc1ncnc2c1c(-c1ccccc1)c(-c1ccccc1)n2Cc1ccccc1. The van der Waals surface area contributed by atoms with Crippen LogP contribution in [-0.2, 0) is 6.54 Å². The van der Waals surface area contributed by atoms with E-state index in [9.17, 15) is 0 Å². The minimum atomic E-state index is 0.749. The van der Waals surface area contributed by atoms with Crippen LogP contribution in [0.25, 0.3) is 33.4 Å². The van der Waals surface area contributed by atoms with Crippen LogP contribution in [-0.4, -0.2) is 20.8 Å². The maximum absolute atomic E-state index is 4.76. The van der Waals surface area contributed by atoms with Crippen molar-refractivity contribution in [2.24, 2.45) is 0 Å². The number of fused-ring (bicyclic) bond motifs is 1. The van der Waals surface area contributed by atoms with Crippen molar-refractivity contribution in [3.63, 3.8) is 0 Å². The lowest BCUT2D eigenvalue weighted by atomic mass is 9.99. The van der Waals surface area contributed by atoms with Gasteiger partial charge in [-0.3, -0.25) is 0 Å². The summed E-state index contributed by atoms with van der Waals surface area (Å²) >= 11 is 1.67. The maximum atomic E-state index is 4.76. The van der Waals surface area contributed by atoms with E-state index in [-0.39, 0.29) is 0 Å². The monoisotopic (exact) mass is 407 g/mol. The average molecular weight is 408 g/mol. The molecule has 0 fully saturated rings. The first-order chi connectivity index (χ1) is 14.9. The number of hydrogen-bond acceptors (Lipinski definition) is 3. The molecule has 0 amide bonds. The quantitative estimate of drug-likeness (QED) is 0.245. The Kier molecular flexibility index (Phi) is 5.08. The van der Waals surface area contributed by atoms with Gasteiger partial charge in [-0.05, 0) is 22.9 Å². The van der Waals surface area contributed by atoms with Gasteiger partial charge >= 0.3 is 0 Å². The molecule has 5 rings (SSSR count). The molecule has 146 valence electrons. The molecule has 30 heavy (non-hydrogen) atoms. The standard InChI is InChI=1S/C26H21N3S/c1-30-26-23-22(20-13-7-3-8-14-20)24(21-15-9-4-10-16-21)29(25(23)27-18-28-26)17-19-11-5-2-6-12-19/h2-16,18H,17H2,1H3. The molecule has 0 saturated carbocycles. The van der Waals surface area contributed by atoms with Gasteiger partial charge in [0.25, 0.3) is 0 Å². The van der Waals surface area contributed by atoms with Gasteiger partial charge in [-0.2, -0.15) is 0 Å². The topological polar surface area (TPSA) is 30.7 Å². The van der Waals surface area contributed by atoms with E-state index in [1.54, 1.807) is 18.1 Å². The molecule has 0 spiro atoms. The fraction of sp³-hybridized carbons (Fsp3) is 0.0769. The molecule has 0 N–H and O–H groups in total. The lowest BCUT2D eigenvalue weighted by molar-refractivity contribution is 0.830. The molecule has 0 unspecified atom stereocenters. The molecule has 4 heteroatoms. The zero-order valence-electron chi connectivity index (χ0n) is 16.7.